The number of rotatable bonds is 5. The number of carbonyl (C=O) groups is 3. The van der Waals surface area contributed by atoms with E-state index in [1.165, 1.54) is 7.11 Å². The van der Waals surface area contributed by atoms with Crippen LogP contribution in [0, 0.1) is 0 Å². The quantitative estimate of drug-likeness (QED) is 0.781. The molecule has 0 aromatic heterocycles. The second-order valence-corrected chi connectivity index (χ2v) is 6.49. The van der Waals surface area contributed by atoms with Crippen molar-refractivity contribution in [2.24, 2.45) is 0 Å². The summed E-state index contributed by atoms with van der Waals surface area (Å²) in [5, 5.41) is 2.63. The van der Waals surface area contributed by atoms with Gasteiger partial charge in [0.05, 0.1) is 7.11 Å². The van der Waals surface area contributed by atoms with Crippen LogP contribution in [0.1, 0.15) is 40.5 Å². The Hall–Kier alpha value is -2.37. The lowest BCUT2D eigenvalue weighted by atomic mass is 9.91. The zero-order valence-electron chi connectivity index (χ0n) is 14.9. The first-order valence-electron chi connectivity index (χ1n) is 7.80. The predicted octanol–water partition coefficient (Wildman–Crippen LogP) is 2.85. The first-order chi connectivity index (χ1) is 11.1. The van der Waals surface area contributed by atoms with E-state index in [-0.39, 0.29) is 24.7 Å². The molecule has 0 saturated heterocycles. The molecule has 1 N–H and O–H groups in total. The highest BCUT2D eigenvalue weighted by molar-refractivity contribution is 6.10. The molecule has 1 amide bonds. The van der Waals surface area contributed by atoms with Gasteiger partial charge in [0.1, 0.15) is 5.60 Å². The van der Waals surface area contributed by atoms with E-state index in [1.54, 1.807) is 45.9 Å². The molecule has 0 spiro atoms. The van der Waals surface area contributed by atoms with Crippen molar-refractivity contribution in [3.63, 3.8) is 0 Å². The number of carbonyl (C=O) groups excluding carboxylic acids is 3. The molecule has 6 heteroatoms. The van der Waals surface area contributed by atoms with Gasteiger partial charge in [0.2, 0.25) is 0 Å². The molecule has 0 bridgehead atoms. The monoisotopic (exact) mass is 335 g/mol. The number of esters is 1. The largest absolute Gasteiger partial charge is 0.469 e. The lowest BCUT2D eigenvalue weighted by Crippen LogP contribution is -2.32. The van der Waals surface area contributed by atoms with Crippen LogP contribution in [0.2, 0.25) is 0 Å². The summed E-state index contributed by atoms with van der Waals surface area (Å²) in [5.74, 6) is -0.427. The van der Waals surface area contributed by atoms with Gasteiger partial charge in [-0.25, -0.2) is 4.79 Å². The third kappa shape index (κ3) is 6.81. The molecule has 0 aromatic rings. The van der Waals surface area contributed by atoms with Crippen LogP contribution in [0.25, 0.3) is 0 Å². The number of alkyl carbamates (subject to hydrolysis) is 1. The Bertz CT molecular complexity index is 605. The highest BCUT2D eigenvalue weighted by Crippen LogP contribution is 2.22. The van der Waals surface area contributed by atoms with E-state index in [9.17, 15) is 14.4 Å². The molecule has 24 heavy (non-hydrogen) atoms. The first-order valence-corrected chi connectivity index (χ1v) is 7.80. The molecule has 1 rings (SSSR count). The summed E-state index contributed by atoms with van der Waals surface area (Å²) in [7, 11) is 1.32. The molecule has 6 nitrogen and oxygen atoms in total. The third-order valence-corrected chi connectivity index (χ3v) is 3.18. The topological polar surface area (TPSA) is 81.7 Å². The molecule has 0 aromatic carbocycles. The van der Waals surface area contributed by atoms with Crippen molar-refractivity contribution in [3.05, 3.63) is 34.9 Å². The molecule has 0 saturated carbocycles. The molecule has 1 aliphatic rings. The number of nitrogens with one attached hydrogen (secondary N) is 1. The zero-order chi connectivity index (χ0) is 18.3. The maximum Gasteiger partial charge on any atom is 0.407 e. The smallest absolute Gasteiger partial charge is 0.407 e. The molecule has 0 atom stereocenters. The van der Waals surface area contributed by atoms with Gasteiger partial charge in [-0.2, -0.15) is 0 Å². The summed E-state index contributed by atoms with van der Waals surface area (Å²) >= 11 is 0. The van der Waals surface area contributed by atoms with Crippen LogP contribution in [0.5, 0.6) is 0 Å². The molecule has 0 heterocycles. The number of hydrogen-bond donors (Lipinski definition) is 1. The predicted molar refractivity (Wildman–Crippen MR) is 90.4 cm³/mol. The van der Waals surface area contributed by atoms with E-state index in [1.807, 2.05) is 0 Å². The fourth-order valence-electron chi connectivity index (χ4n) is 2.09. The van der Waals surface area contributed by atoms with Crippen molar-refractivity contribution >= 4 is 17.8 Å². The van der Waals surface area contributed by atoms with Crippen LogP contribution >= 0.6 is 0 Å². The van der Waals surface area contributed by atoms with E-state index >= 15 is 0 Å². The number of methoxy groups -OCH3 is 1. The Morgan fingerprint density at radius 1 is 1.25 bits per heavy atom. The van der Waals surface area contributed by atoms with Crippen molar-refractivity contribution in [3.8, 4) is 0 Å². The van der Waals surface area contributed by atoms with Gasteiger partial charge in [0.15, 0.2) is 5.78 Å². The van der Waals surface area contributed by atoms with Crippen LogP contribution in [-0.2, 0) is 19.1 Å². The summed E-state index contributed by atoms with van der Waals surface area (Å²) in [6.07, 6.45) is 5.26. The number of amides is 1. The molecule has 0 fully saturated rings. The number of ketones is 1. The van der Waals surface area contributed by atoms with Gasteiger partial charge >= 0.3 is 12.1 Å². The fraction of sp³-hybridized carbons (Fsp3) is 0.500. The molecular formula is C18H25NO5. The second kappa shape index (κ2) is 8.47. The Kier molecular flexibility index (Phi) is 6.95. The molecule has 132 valence electrons. The average Bonchev–Trinajstić information content (AvgIpc) is 2.47. The second-order valence-electron chi connectivity index (χ2n) is 6.49. The minimum Gasteiger partial charge on any atom is -0.469 e. The number of Topliss-reactive ketones (excluding diaryl/α,β-unsaturated/α-hetero) is 1. The van der Waals surface area contributed by atoms with E-state index in [0.717, 1.165) is 5.57 Å². The van der Waals surface area contributed by atoms with Gasteiger partial charge in [-0.1, -0.05) is 6.08 Å². The molecule has 0 unspecified atom stereocenters. The standard InChI is InChI=1S/C18H25NO5/c1-12-10-13(8-9-19-17(22)24-18(2,3)4)11-14(16(12)21)6-7-15(20)23-5/h8,10-11H,6-7,9H2,1-5H3,(H,19,22)/b13-8-. The van der Waals surface area contributed by atoms with E-state index in [4.69, 9.17) is 4.74 Å². The normalized spacial score (nSPS) is 16.4. The van der Waals surface area contributed by atoms with Crippen molar-refractivity contribution < 1.29 is 23.9 Å². The third-order valence-electron chi connectivity index (χ3n) is 3.18. The Balaban J connectivity index is 2.68. The van der Waals surface area contributed by atoms with Gasteiger partial charge in [-0.05, 0) is 57.4 Å². The summed E-state index contributed by atoms with van der Waals surface area (Å²) in [4.78, 5) is 34.9. The molecular weight excluding hydrogens is 310 g/mol. The van der Waals surface area contributed by atoms with Crippen molar-refractivity contribution in [1.29, 1.82) is 0 Å². The Labute approximate surface area is 142 Å². The van der Waals surface area contributed by atoms with Crippen LogP contribution in [0.15, 0.2) is 34.9 Å². The maximum atomic E-state index is 12.1. The molecule has 1 aliphatic carbocycles. The van der Waals surface area contributed by atoms with E-state index < -0.39 is 11.7 Å². The minimum atomic E-state index is -0.550. The van der Waals surface area contributed by atoms with Crippen molar-refractivity contribution in [2.75, 3.05) is 13.7 Å². The molecule has 0 aliphatic heterocycles. The average molecular weight is 335 g/mol. The Morgan fingerprint density at radius 2 is 1.92 bits per heavy atom. The molecule has 0 radical (unpaired) electrons. The van der Waals surface area contributed by atoms with Crippen molar-refractivity contribution in [1.82, 2.24) is 5.32 Å². The van der Waals surface area contributed by atoms with Crippen LogP contribution in [0.3, 0.4) is 0 Å². The van der Waals surface area contributed by atoms with Gasteiger partial charge < -0.3 is 14.8 Å². The van der Waals surface area contributed by atoms with E-state index in [2.05, 4.69) is 10.1 Å². The Morgan fingerprint density at radius 3 is 2.50 bits per heavy atom. The summed E-state index contributed by atoms with van der Waals surface area (Å²) in [6, 6.07) is 0. The highest BCUT2D eigenvalue weighted by atomic mass is 16.6. The summed E-state index contributed by atoms with van der Waals surface area (Å²) < 4.78 is 9.74. The number of hydrogen-bond acceptors (Lipinski definition) is 5. The zero-order valence-corrected chi connectivity index (χ0v) is 14.9. The minimum absolute atomic E-state index is 0.0730. The summed E-state index contributed by atoms with van der Waals surface area (Å²) in [5.41, 5.74) is 1.42. The number of allylic oxidation sites excluding steroid dienone is 5. The van der Waals surface area contributed by atoms with Gasteiger partial charge in [0.25, 0.3) is 0 Å². The van der Waals surface area contributed by atoms with Crippen molar-refractivity contribution in [2.45, 2.75) is 46.1 Å². The van der Waals surface area contributed by atoms with Gasteiger partial charge in [-0.15, -0.1) is 0 Å². The van der Waals surface area contributed by atoms with Crippen LogP contribution in [-0.4, -0.2) is 37.1 Å². The summed E-state index contributed by atoms with van der Waals surface area (Å²) in [6.45, 7) is 7.38. The van der Waals surface area contributed by atoms with Crippen LogP contribution < -0.4 is 5.32 Å². The van der Waals surface area contributed by atoms with Crippen LogP contribution in [0.4, 0.5) is 4.79 Å². The SMILES string of the molecule is COC(=O)CCC1=C/C(=C\CNC(=O)OC(C)(C)C)C=C(C)C1=O. The van der Waals surface area contributed by atoms with Gasteiger partial charge in [-0.3, -0.25) is 9.59 Å². The van der Waals surface area contributed by atoms with Gasteiger partial charge in [0, 0.05) is 18.5 Å². The first kappa shape index (κ1) is 19.7. The lowest BCUT2D eigenvalue weighted by molar-refractivity contribution is -0.140. The highest BCUT2D eigenvalue weighted by Gasteiger charge is 2.18. The lowest BCUT2D eigenvalue weighted by Gasteiger charge is -2.19. The van der Waals surface area contributed by atoms with E-state index in [0.29, 0.717) is 17.6 Å². The fourth-order valence-corrected chi connectivity index (χ4v) is 2.09. The number of ether oxygens (including phenoxy) is 2. The maximum absolute atomic E-state index is 12.1.